The number of hydrogen-bond donors (Lipinski definition) is 1. The van der Waals surface area contributed by atoms with E-state index in [-0.39, 0.29) is 0 Å². The number of aromatic amines is 1. The molecular weight excluding hydrogens is 196 g/mol. The first-order valence-corrected chi connectivity index (χ1v) is 6.00. The largest absolute Gasteiger partial charge is 0.357 e. The molecule has 0 fully saturated rings. The van der Waals surface area contributed by atoms with Crippen molar-refractivity contribution in [3.05, 3.63) is 35.5 Å². The lowest BCUT2D eigenvalue weighted by atomic mass is 9.94. The minimum absolute atomic E-state index is 0.492. The minimum Gasteiger partial charge on any atom is -0.357 e. The Balaban J connectivity index is 2.25. The van der Waals surface area contributed by atoms with E-state index in [9.17, 15) is 0 Å². The highest BCUT2D eigenvalue weighted by Gasteiger charge is 2.28. The molecule has 1 aliphatic rings. The molecule has 1 aromatic heterocycles. The Hall–Kier alpha value is -1.28. The summed E-state index contributed by atoms with van der Waals surface area (Å²) >= 11 is 0. The van der Waals surface area contributed by atoms with Crippen molar-refractivity contribution in [3.63, 3.8) is 0 Å². The second-order valence-electron chi connectivity index (χ2n) is 4.96. The summed E-state index contributed by atoms with van der Waals surface area (Å²) in [6.45, 7) is 4.59. The summed E-state index contributed by atoms with van der Waals surface area (Å²) in [4.78, 5) is 6.02. The summed E-state index contributed by atoms with van der Waals surface area (Å²) in [5.41, 5.74) is 4.21. The van der Waals surface area contributed by atoms with E-state index in [2.05, 4.69) is 55.0 Å². The molecule has 0 saturated carbocycles. The van der Waals surface area contributed by atoms with Gasteiger partial charge in [0.2, 0.25) is 0 Å². The van der Waals surface area contributed by atoms with Crippen LogP contribution in [0.5, 0.6) is 0 Å². The molecule has 2 heterocycles. The molecule has 1 aliphatic heterocycles. The highest BCUT2D eigenvalue weighted by Crippen LogP contribution is 2.35. The van der Waals surface area contributed by atoms with Crippen LogP contribution in [0.4, 0.5) is 0 Å². The lowest BCUT2D eigenvalue weighted by Crippen LogP contribution is -2.37. The van der Waals surface area contributed by atoms with Gasteiger partial charge in [-0.15, -0.1) is 0 Å². The predicted octanol–water partition coefficient (Wildman–Crippen LogP) is 3.11. The van der Waals surface area contributed by atoms with Crippen LogP contribution >= 0.6 is 0 Å². The highest BCUT2D eigenvalue weighted by molar-refractivity contribution is 5.85. The predicted molar refractivity (Wildman–Crippen MR) is 67.6 cm³/mol. The van der Waals surface area contributed by atoms with E-state index in [4.69, 9.17) is 0 Å². The summed E-state index contributed by atoms with van der Waals surface area (Å²) in [5.74, 6) is 0. The van der Waals surface area contributed by atoms with Crippen LogP contribution in [0.2, 0.25) is 0 Å². The van der Waals surface area contributed by atoms with Gasteiger partial charge in [-0.1, -0.05) is 18.2 Å². The third-order valence-corrected chi connectivity index (χ3v) is 4.07. The SMILES string of the molecule is C[C@@H]1Cc2c([nH]c3ccccc23)[C@@H](C)N1C. The Bertz CT molecular complexity index is 527. The van der Waals surface area contributed by atoms with E-state index in [1.165, 1.54) is 22.2 Å². The molecule has 2 heteroatoms. The van der Waals surface area contributed by atoms with Gasteiger partial charge >= 0.3 is 0 Å². The summed E-state index contributed by atoms with van der Waals surface area (Å²) in [6.07, 6.45) is 1.15. The van der Waals surface area contributed by atoms with E-state index in [1.807, 2.05) is 0 Å². The number of nitrogens with zero attached hydrogens (tertiary/aromatic N) is 1. The van der Waals surface area contributed by atoms with Gasteiger partial charge in [-0.2, -0.15) is 0 Å². The molecule has 16 heavy (non-hydrogen) atoms. The fraction of sp³-hybridized carbons (Fsp3) is 0.429. The van der Waals surface area contributed by atoms with Crippen molar-refractivity contribution >= 4 is 10.9 Å². The Labute approximate surface area is 96.3 Å². The summed E-state index contributed by atoms with van der Waals surface area (Å²) in [7, 11) is 2.21. The van der Waals surface area contributed by atoms with E-state index < -0.39 is 0 Å². The van der Waals surface area contributed by atoms with Crippen LogP contribution in [0.1, 0.15) is 31.1 Å². The third kappa shape index (κ3) is 1.23. The second kappa shape index (κ2) is 3.36. The highest BCUT2D eigenvalue weighted by atomic mass is 15.2. The number of H-pyrrole nitrogens is 1. The molecule has 0 amide bonds. The fourth-order valence-corrected chi connectivity index (χ4v) is 2.82. The quantitative estimate of drug-likeness (QED) is 0.714. The Kier molecular flexibility index (Phi) is 2.08. The molecule has 1 N–H and O–H groups in total. The first-order valence-electron chi connectivity index (χ1n) is 6.00. The maximum absolute atomic E-state index is 3.58. The number of benzene rings is 1. The molecule has 0 bridgehead atoms. The van der Waals surface area contributed by atoms with Gasteiger partial charge in [0.25, 0.3) is 0 Å². The first-order chi connectivity index (χ1) is 7.68. The van der Waals surface area contributed by atoms with E-state index in [0.29, 0.717) is 12.1 Å². The molecule has 0 unspecified atom stereocenters. The van der Waals surface area contributed by atoms with Crippen molar-refractivity contribution in [2.45, 2.75) is 32.4 Å². The zero-order chi connectivity index (χ0) is 11.3. The van der Waals surface area contributed by atoms with Crippen LogP contribution in [0.15, 0.2) is 24.3 Å². The number of rotatable bonds is 0. The number of hydrogen-bond acceptors (Lipinski definition) is 1. The van der Waals surface area contributed by atoms with Crippen LogP contribution in [0.25, 0.3) is 10.9 Å². The van der Waals surface area contributed by atoms with Gasteiger partial charge < -0.3 is 4.98 Å². The summed E-state index contributed by atoms with van der Waals surface area (Å²) in [6, 6.07) is 9.75. The van der Waals surface area contributed by atoms with Gasteiger partial charge in [-0.3, -0.25) is 4.90 Å². The number of para-hydroxylation sites is 1. The average Bonchev–Trinajstić information content (AvgIpc) is 2.65. The maximum Gasteiger partial charge on any atom is 0.0473 e. The number of aromatic nitrogens is 1. The van der Waals surface area contributed by atoms with Crippen molar-refractivity contribution in [2.75, 3.05) is 7.05 Å². The van der Waals surface area contributed by atoms with Crippen molar-refractivity contribution in [1.29, 1.82) is 0 Å². The molecule has 3 rings (SSSR count). The number of nitrogens with one attached hydrogen (secondary N) is 1. The van der Waals surface area contributed by atoms with Crippen LogP contribution < -0.4 is 0 Å². The van der Waals surface area contributed by atoms with E-state index >= 15 is 0 Å². The van der Waals surface area contributed by atoms with Crippen molar-refractivity contribution < 1.29 is 0 Å². The average molecular weight is 214 g/mol. The molecule has 1 aromatic carbocycles. The van der Waals surface area contributed by atoms with Crippen LogP contribution in [-0.4, -0.2) is 23.0 Å². The molecule has 0 spiro atoms. The van der Waals surface area contributed by atoms with Gasteiger partial charge in [-0.25, -0.2) is 0 Å². The van der Waals surface area contributed by atoms with E-state index in [1.54, 1.807) is 0 Å². The fourth-order valence-electron chi connectivity index (χ4n) is 2.82. The first kappa shape index (κ1) is 9.91. The van der Waals surface area contributed by atoms with Gasteiger partial charge in [0, 0.05) is 28.7 Å². The third-order valence-electron chi connectivity index (χ3n) is 4.07. The maximum atomic E-state index is 3.58. The number of fused-ring (bicyclic) bond motifs is 3. The molecule has 0 radical (unpaired) electrons. The Morgan fingerprint density at radius 1 is 1.25 bits per heavy atom. The number of likely N-dealkylation sites (N-methyl/N-ethyl adjacent to an activating group) is 1. The lowest BCUT2D eigenvalue weighted by Gasteiger charge is -2.35. The Morgan fingerprint density at radius 3 is 2.81 bits per heavy atom. The lowest BCUT2D eigenvalue weighted by molar-refractivity contribution is 0.177. The van der Waals surface area contributed by atoms with Gasteiger partial charge in [0.15, 0.2) is 0 Å². The summed E-state index contributed by atoms with van der Waals surface area (Å²) in [5, 5.41) is 1.41. The minimum atomic E-state index is 0.492. The van der Waals surface area contributed by atoms with Crippen molar-refractivity contribution in [3.8, 4) is 0 Å². The zero-order valence-electron chi connectivity index (χ0n) is 10.1. The van der Waals surface area contributed by atoms with Crippen LogP contribution in [-0.2, 0) is 6.42 Å². The molecule has 0 aliphatic carbocycles. The normalized spacial score (nSPS) is 25.9. The molecule has 2 atom stereocenters. The molecule has 84 valence electrons. The topological polar surface area (TPSA) is 19.0 Å². The van der Waals surface area contributed by atoms with Crippen molar-refractivity contribution in [2.24, 2.45) is 0 Å². The molecule has 2 aromatic rings. The molecule has 2 nitrogen and oxygen atoms in total. The monoisotopic (exact) mass is 214 g/mol. The van der Waals surface area contributed by atoms with Gasteiger partial charge in [0.1, 0.15) is 0 Å². The second-order valence-corrected chi connectivity index (χ2v) is 4.96. The standard InChI is InChI=1S/C14H18N2/c1-9-8-12-11-6-4-5-7-13(11)15-14(12)10(2)16(9)3/h4-7,9-10,15H,8H2,1-3H3/t9-,10-/m1/s1. The summed E-state index contributed by atoms with van der Waals surface area (Å²) < 4.78 is 0. The van der Waals surface area contributed by atoms with Crippen molar-refractivity contribution in [1.82, 2.24) is 9.88 Å². The Morgan fingerprint density at radius 2 is 2.00 bits per heavy atom. The smallest absolute Gasteiger partial charge is 0.0473 e. The zero-order valence-corrected chi connectivity index (χ0v) is 10.1. The van der Waals surface area contributed by atoms with Crippen LogP contribution in [0.3, 0.4) is 0 Å². The van der Waals surface area contributed by atoms with Gasteiger partial charge in [0.05, 0.1) is 0 Å². The van der Waals surface area contributed by atoms with Crippen LogP contribution in [0, 0.1) is 0 Å². The van der Waals surface area contributed by atoms with Gasteiger partial charge in [-0.05, 0) is 38.9 Å². The molecule has 0 saturated heterocycles. The van der Waals surface area contributed by atoms with E-state index in [0.717, 1.165) is 6.42 Å². The molecular formula is C14H18N2.